The summed E-state index contributed by atoms with van der Waals surface area (Å²) < 4.78 is 34.2. The van der Waals surface area contributed by atoms with Gasteiger partial charge in [0.2, 0.25) is 5.91 Å². The van der Waals surface area contributed by atoms with Crippen molar-refractivity contribution in [2.24, 2.45) is 0 Å². The standard InChI is InChI=1S/C16H21NO5S2/c1-11(16(18)17(2)12-5-8-24(19,20)10-12)23-13-3-4-14-15(9-13)22-7-6-21-14/h3-4,9,11-12H,5-8,10H2,1-2H3. The van der Waals surface area contributed by atoms with Crippen LogP contribution in [0.15, 0.2) is 23.1 Å². The van der Waals surface area contributed by atoms with E-state index in [9.17, 15) is 13.2 Å². The Morgan fingerprint density at radius 2 is 2.00 bits per heavy atom. The molecule has 0 saturated carbocycles. The molecule has 0 radical (unpaired) electrons. The molecule has 24 heavy (non-hydrogen) atoms. The second-order valence-corrected chi connectivity index (χ2v) is 9.71. The molecule has 6 nitrogen and oxygen atoms in total. The van der Waals surface area contributed by atoms with Crippen LogP contribution in [-0.2, 0) is 14.6 Å². The summed E-state index contributed by atoms with van der Waals surface area (Å²) in [4.78, 5) is 15.1. The van der Waals surface area contributed by atoms with Crippen molar-refractivity contribution < 1.29 is 22.7 Å². The Kier molecular flexibility index (Phi) is 4.96. The third kappa shape index (κ3) is 3.80. The van der Waals surface area contributed by atoms with Gasteiger partial charge in [0.15, 0.2) is 21.3 Å². The Morgan fingerprint density at radius 1 is 1.29 bits per heavy atom. The molecule has 2 aliphatic rings. The molecule has 2 atom stereocenters. The normalized spacial score (nSPS) is 22.8. The first kappa shape index (κ1) is 17.4. The Bertz CT molecular complexity index is 734. The van der Waals surface area contributed by atoms with Crippen LogP contribution in [0.5, 0.6) is 11.5 Å². The molecule has 1 aromatic rings. The van der Waals surface area contributed by atoms with Gasteiger partial charge in [0.05, 0.1) is 16.8 Å². The van der Waals surface area contributed by atoms with Crippen molar-refractivity contribution in [2.45, 2.75) is 29.5 Å². The van der Waals surface area contributed by atoms with Gasteiger partial charge in [-0.2, -0.15) is 0 Å². The minimum absolute atomic E-state index is 0.0583. The molecule has 2 unspecified atom stereocenters. The van der Waals surface area contributed by atoms with Crippen LogP contribution < -0.4 is 9.47 Å². The topological polar surface area (TPSA) is 72.9 Å². The predicted octanol–water partition coefficient (Wildman–Crippen LogP) is 1.58. The molecule has 132 valence electrons. The van der Waals surface area contributed by atoms with E-state index in [1.165, 1.54) is 11.8 Å². The highest BCUT2D eigenvalue weighted by molar-refractivity contribution is 8.00. The van der Waals surface area contributed by atoms with Crippen LogP contribution in [0, 0.1) is 0 Å². The van der Waals surface area contributed by atoms with Crippen molar-refractivity contribution >= 4 is 27.5 Å². The molecule has 0 aromatic heterocycles. The van der Waals surface area contributed by atoms with Gasteiger partial charge in [-0.05, 0) is 31.5 Å². The summed E-state index contributed by atoms with van der Waals surface area (Å²) in [5.41, 5.74) is 0. The number of carbonyl (C=O) groups is 1. The van der Waals surface area contributed by atoms with E-state index in [0.29, 0.717) is 25.4 Å². The van der Waals surface area contributed by atoms with Gasteiger partial charge in [0, 0.05) is 18.0 Å². The Labute approximate surface area is 146 Å². The van der Waals surface area contributed by atoms with E-state index in [0.717, 1.165) is 10.6 Å². The molecule has 1 fully saturated rings. The van der Waals surface area contributed by atoms with Crippen LogP contribution in [0.4, 0.5) is 0 Å². The molecule has 0 bridgehead atoms. The van der Waals surface area contributed by atoms with Crippen molar-refractivity contribution in [2.75, 3.05) is 31.8 Å². The first-order valence-corrected chi connectivity index (χ1v) is 10.6. The highest BCUT2D eigenvalue weighted by atomic mass is 32.2. The lowest BCUT2D eigenvalue weighted by molar-refractivity contribution is -0.130. The van der Waals surface area contributed by atoms with Crippen molar-refractivity contribution in [3.05, 3.63) is 18.2 Å². The van der Waals surface area contributed by atoms with E-state index in [4.69, 9.17) is 9.47 Å². The van der Waals surface area contributed by atoms with Crippen LogP contribution in [0.1, 0.15) is 13.3 Å². The maximum atomic E-state index is 12.6. The third-order valence-corrected chi connectivity index (χ3v) is 7.11. The monoisotopic (exact) mass is 371 g/mol. The summed E-state index contributed by atoms with van der Waals surface area (Å²) in [5, 5.41) is -0.305. The lowest BCUT2D eigenvalue weighted by Gasteiger charge is -2.26. The molecule has 0 N–H and O–H groups in total. The molecule has 2 heterocycles. The molecule has 1 aromatic carbocycles. The van der Waals surface area contributed by atoms with Crippen LogP contribution >= 0.6 is 11.8 Å². The maximum absolute atomic E-state index is 12.6. The molecular formula is C16H21NO5S2. The highest BCUT2D eigenvalue weighted by Crippen LogP contribution is 2.36. The number of hydrogen-bond acceptors (Lipinski definition) is 6. The van der Waals surface area contributed by atoms with Crippen LogP contribution in [0.2, 0.25) is 0 Å². The fraction of sp³-hybridized carbons (Fsp3) is 0.562. The number of fused-ring (bicyclic) bond motifs is 1. The summed E-state index contributed by atoms with van der Waals surface area (Å²) in [6.07, 6.45) is 0.520. The van der Waals surface area contributed by atoms with Gasteiger partial charge in [-0.15, -0.1) is 11.8 Å². The minimum atomic E-state index is -3.00. The molecule has 2 aliphatic heterocycles. The number of hydrogen-bond donors (Lipinski definition) is 0. The molecule has 0 aliphatic carbocycles. The second-order valence-electron chi connectivity index (χ2n) is 6.07. The Hall–Kier alpha value is -1.41. The number of sulfone groups is 1. The average molecular weight is 371 g/mol. The molecule has 1 saturated heterocycles. The molecular weight excluding hydrogens is 350 g/mol. The van der Waals surface area contributed by atoms with E-state index >= 15 is 0 Å². The van der Waals surface area contributed by atoms with Crippen molar-refractivity contribution in [1.29, 1.82) is 0 Å². The van der Waals surface area contributed by atoms with E-state index < -0.39 is 9.84 Å². The van der Waals surface area contributed by atoms with Crippen molar-refractivity contribution in [1.82, 2.24) is 4.90 Å². The van der Waals surface area contributed by atoms with E-state index in [1.54, 1.807) is 11.9 Å². The van der Waals surface area contributed by atoms with Gasteiger partial charge in [-0.1, -0.05) is 0 Å². The summed E-state index contributed by atoms with van der Waals surface area (Å²) in [6.45, 7) is 2.90. The quantitative estimate of drug-likeness (QED) is 0.749. The molecule has 3 rings (SSSR count). The van der Waals surface area contributed by atoms with E-state index in [2.05, 4.69) is 0 Å². The predicted molar refractivity (Wildman–Crippen MR) is 92.6 cm³/mol. The van der Waals surface area contributed by atoms with Crippen LogP contribution in [-0.4, -0.2) is 62.3 Å². The zero-order chi connectivity index (χ0) is 17.3. The van der Waals surface area contributed by atoms with Crippen molar-refractivity contribution in [3.63, 3.8) is 0 Å². The fourth-order valence-corrected chi connectivity index (χ4v) is 5.67. The maximum Gasteiger partial charge on any atom is 0.235 e. The summed E-state index contributed by atoms with van der Waals surface area (Å²) in [5.74, 6) is 1.59. The van der Waals surface area contributed by atoms with Gasteiger partial charge in [0.25, 0.3) is 0 Å². The third-order valence-electron chi connectivity index (χ3n) is 4.28. The molecule has 0 spiro atoms. The van der Waals surface area contributed by atoms with E-state index in [1.807, 2.05) is 25.1 Å². The SMILES string of the molecule is CC(Sc1ccc2c(c1)OCCO2)C(=O)N(C)C1CCS(=O)(=O)C1. The number of nitrogens with zero attached hydrogens (tertiary/aromatic N) is 1. The number of amides is 1. The smallest absolute Gasteiger partial charge is 0.235 e. The first-order chi connectivity index (χ1) is 11.4. The molecule has 8 heteroatoms. The number of benzene rings is 1. The van der Waals surface area contributed by atoms with Gasteiger partial charge >= 0.3 is 0 Å². The zero-order valence-electron chi connectivity index (χ0n) is 13.7. The van der Waals surface area contributed by atoms with Gasteiger partial charge < -0.3 is 14.4 Å². The van der Waals surface area contributed by atoms with Gasteiger partial charge in [0.1, 0.15) is 13.2 Å². The summed E-state index contributed by atoms with van der Waals surface area (Å²) >= 11 is 1.44. The lowest BCUT2D eigenvalue weighted by atomic mass is 10.2. The van der Waals surface area contributed by atoms with Crippen molar-refractivity contribution in [3.8, 4) is 11.5 Å². The fourth-order valence-electron chi connectivity index (χ4n) is 2.90. The summed E-state index contributed by atoms with van der Waals surface area (Å²) in [7, 11) is -1.31. The summed E-state index contributed by atoms with van der Waals surface area (Å²) in [6, 6.07) is 5.41. The highest BCUT2D eigenvalue weighted by Gasteiger charge is 2.34. The lowest BCUT2D eigenvalue weighted by Crippen LogP contribution is -2.41. The number of ether oxygens (including phenoxy) is 2. The average Bonchev–Trinajstić information content (AvgIpc) is 2.93. The Morgan fingerprint density at radius 3 is 2.67 bits per heavy atom. The second kappa shape index (κ2) is 6.84. The van der Waals surface area contributed by atoms with Crippen LogP contribution in [0.25, 0.3) is 0 Å². The number of carbonyl (C=O) groups excluding carboxylic acids is 1. The number of thioether (sulfide) groups is 1. The number of rotatable bonds is 4. The minimum Gasteiger partial charge on any atom is -0.486 e. The van der Waals surface area contributed by atoms with E-state index in [-0.39, 0.29) is 28.7 Å². The largest absolute Gasteiger partial charge is 0.486 e. The zero-order valence-corrected chi connectivity index (χ0v) is 15.4. The molecule has 1 amide bonds. The van der Waals surface area contributed by atoms with Crippen LogP contribution in [0.3, 0.4) is 0 Å². The Balaban J connectivity index is 1.64. The van der Waals surface area contributed by atoms with Gasteiger partial charge in [-0.3, -0.25) is 4.79 Å². The first-order valence-electron chi connectivity index (χ1n) is 7.89. The van der Waals surface area contributed by atoms with Gasteiger partial charge in [-0.25, -0.2) is 8.42 Å².